The second-order valence-corrected chi connectivity index (χ2v) is 6.03. The third kappa shape index (κ3) is 5.38. The quantitative estimate of drug-likeness (QED) is 0.531. The highest BCUT2D eigenvalue weighted by atomic mass is 16.3. The summed E-state index contributed by atoms with van der Waals surface area (Å²) in [5.41, 5.74) is 0.993. The summed E-state index contributed by atoms with van der Waals surface area (Å²) in [6.07, 6.45) is 4.40. The Morgan fingerprint density at radius 3 is 2.67 bits per heavy atom. The van der Waals surface area contributed by atoms with Crippen LogP contribution < -0.4 is 10.6 Å². The highest BCUT2D eigenvalue weighted by Gasteiger charge is 2.24. The Morgan fingerprint density at radius 2 is 2.04 bits per heavy atom. The molecule has 1 aromatic heterocycles. The highest BCUT2D eigenvalue weighted by Crippen LogP contribution is 2.19. The lowest BCUT2D eigenvalue weighted by molar-refractivity contribution is 0.0672. The SMILES string of the molecule is CCNC(=NCC(C)(O)c1cnn(C)c1)NCCc1ccccc1. The normalized spacial score (nSPS) is 14.2. The number of benzene rings is 1. The van der Waals surface area contributed by atoms with Crippen LogP contribution in [0.15, 0.2) is 47.7 Å². The predicted octanol–water partition coefficient (Wildman–Crippen LogP) is 1.43. The van der Waals surface area contributed by atoms with Gasteiger partial charge in [-0.25, -0.2) is 4.99 Å². The molecule has 0 aliphatic carbocycles. The first-order valence-corrected chi connectivity index (χ1v) is 8.29. The second-order valence-electron chi connectivity index (χ2n) is 6.03. The number of aryl methyl sites for hydroxylation is 1. The van der Waals surface area contributed by atoms with Crippen LogP contribution in [0.1, 0.15) is 25.0 Å². The van der Waals surface area contributed by atoms with E-state index in [4.69, 9.17) is 0 Å². The minimum absolute atomic E-state index is 0.263. The third-order valence-corrected chi connectivity index (χ3v) is 3.76. The first-order valence-electron chi connectivity index (χ1n) is 8.29. The van der Waals surface area contributed by atoms with Crippen molar-refractivity contribution in [1.29, 1.82) is 0 Å². The second kappa shape index (κ2) is 8.49. The standard InChI is InChI=1S/C18H27N5O/c1-4-19-17(20-11-10-15-8-6-5-7-9-15)21-14-18(2,24)16-12-22-23(3)13-16/h5-9,12-13,24H,4,10-11,14H2,1-3H3,(H2,19,20,21). The number of guanidine groups is 1. The number of hydrogen-bond donors (Lipinski definition) is 3. The van der Waals surface area contributed by atoms with Gasteiger partial charge in [0.1, 0.15) is 5.60 Å². The van der Waals surface area contributed by atoms with Crippen molar-refractivity contribution >= 4 is 5.96 Å². The first kappa shape index (κ1) is 18.0. The maximum Gasteiger partial charge on any atom is 0.191 e. The molecule has 24 heavy (non-hydrogen) atoms. The molecule has 0 radical (unpaired) electrons. The molecule has 1 aromatic carbocycles. The smallest absolute Gasteiger partial charge is 0.191 e. The van der Waals surface area contributed by atoms with Crippen molar-refractivity contribution in [3.63, 3.8) is 0 Å². The first-order chi connectivity index (χ1) is 11.5. The van der Waals surface area contributed by atoms with Crippen LogP contribution in [0, 0.1) is 0 Å². The van der Waals surface area contributed by atoms with Crippen LogP contribution in [0.2, 0.25) is 0 Å². The van der Waals surface area contributed by atoms with E-state index in [1.807, 2.05) is 38.4 Å². The molecule has 0 saturated carbocycles. The molecule has 0 saturated heterocycles. The van der Waals surface area contributed by atoms with Crippen LogP contribution in [0.25, 0.3) is 0 Å². The van der Waals surface area contributed by atoms with Crippen LogP contribution in [0.3, 0.4) is 0 Å². The molecule has 3 N–H and O–H groups in total. The monoisotopic (exact) mass is 329 g/mol. The molecule has 0 bridgehead atoms. The van der Waals surface area contributed by atoms with Crippen LogP contribution in [0.5, 0.6) is 0 Å². The molecule has 0 spiro atoms. The van der Waals surface area contributed by atoms with Gasteiger partial charge in [-0.1, -0.05) is 30.3 Å². The van der Waals surface area contributed by atoms with E-state index >= 15 is 0 Å². The summed E-state index contributed by atoms with van der Waals surface area (Å²) in [4.78, 5) is 4.51. The van der Waals surface area contributed by atoms with E-state index < -0.39 is 5.60 Å². The summed E-state index contributed by atoms with van der Waals surface area (Å²) in [7, 11) is 1.83. The van der Waals surface area contributed by atoms with Crippen molar-refractivity contribution in [2.24, 2.45) is 12.0 Å². The lowest BCUT2D eigenvalue weighted by Gasteiger charge is -2.20. The zero-order valence-electron chi connectivity index (χ0n) is 14.7. The molecular formula is C18H27N5O. The van der Waals surface area contributed by atoms with Crippen molar-refractivity contribution in [2.75, 3.05) is 19.6 Å². The molecule has 1 heterocycles. The summed E-state index contributed by atoms with van der Waals surface area (Å²) < 4.78 is 1.68. The Labute approximate surface area is 143 Å². The number of nitrogens with one attached hydrogen (secondary N) is 2. The van der Waals surface area contributed by atoms with E-state index in [0.717, 1.165) is 25.1 Å². The topological polar surface area (TPSA) is 74.5 Å². The van der Waals surface area contributed by atoms with Gasteiger partial charge in [0.2, 0.25) is 0 Å². The molecule has 6 nitrogen and oxygen atoms in total. The Balaban J connectivity index is 1.92. The number of aliphatic imine (C=N–C) groups is 1. The van der Waals surface area contributed by atoms with E-state index in [2.05, 4.69) is 32.9 Å². The summed E-state index contributed by atoms with van der Waals surface area (Å²) in [5.74, 6) is 0.706. The fourth-order valence-electron chi connectivity index (χ4n) is 2.34. The number of hydrogen-bond acceptors (Lipinski definition) is 3. The molecular weight excluding hydrogens is 302 g/mol. The Hall–Kier alpha value is -2.34. The van der Waals surface area contributed by atoms with Gasteiger partial charge in [-0.15, -0.1) is 0 Å². The summed E-state index contributed by atoms with van der Waals surface area (Å²) >= 11 is 0. The third-order valence-electron chi connectivity index (χ3n) is 3.76. The van der Waals surface area contributed by atoms with Gasteiger partial charge in [-0.3, -0.25) is 4.68 Å². The minimum atomic E-state index is -1.05. The van der Waals surface area contributed by atoms with Gasteiger partial charge in [0, 0.05) is 31.9 Å². The van der Waals surface area contributed by atoms with Crippen molar-refractivity contribution in [3.05, 3.63) is 53.9 Å². The van der Waals surface area contributed by atoms with Crippen molar-refractivity contribution in [1.82, 2.24) is 20.4 Å². The van der Waals surface area contributed by atoms with Gasteiger partial charge in [0.15, 0.2) is 5.96 Å². The van der Waals surface area contributed by atoms with E-state index in [1.54, 1.807) is 17.8 Å². The predicted molar refractivity (Wildman–Crippen MR) is 96.9 cm³/mol. The molecule has 0 aliphatic rings. The van der Waals surface area contributed by atoms with Crippen LogP contribution in [-0.4, -0.2) is 40.5 Å². The van der Waals surface area contributed by atoms with Crippen LogP contribution in [0.4, 0.5) is 0 Å². The zero-order chi connectivity index (χ0) is 17.4. The number of nitrogens with zero attached hydrogens (tertiary/aromatic N) is 3. The van der Waals surface area contributed by atoms with E-state index in [0.29, 0.717) is 5.96 Å². The Morgan fingerprint density at radius 1 is 1.29 bits per heavy atom. The zero-order valence-corrected chi connectivity index (χ0v) is 14.7. The average molecular weight is 329 g/mol. The van der Waals surface area contributed by atoms with E-state index in [1.165, 1.54) is 5.56 Å². The molecule has 2 aromatic rings. The van der Waals surface area contributed by atoms with Gasteiger partial charge < -0.3 is 15.7 Å². The molecule has 130 valence electrons. The van der Waals surface area contributed by atoms with Crippen molar-refractivity contribution in [2.45, 2.75) is 25.9 Å². The maximum absolute atomic E-state index is 10.6. The molecule has 0 aliphatic heterocycles. The lowest BCUT2D eigenvalue weighted by Crippen LogP contribution is -2.39. The van der Waals surface area contributed by atoms with Gasteiger partial charge in [-0.05, 0) is 25.8 Å². The van der Waals surface area contributed by atoms with Gasteiger partial charge in [0.05, 0.1) is 12.7 Å². The molecule has 1 unspecified atom stereocenters. The average Bonchev–Trinajstić information content (AvgIpc) is 3.01. The molecule has 2 rings (SSSR count). The molecule has 0 amide bonds. The largest absolute Gasteiger partial charge is 0.383 e. The molecule has 6 heteroatoms. The summed E-state index contributed by atoms with van der Waals surface area (Å²) in [5, 5.41) is 21.2. The van der Waals surface area contributed by atoms with Gasteiger partial charge in [0.25, 0.3) is 0 Å². The summed E-state index contributed by atoms with van der Waals surface area (Å²) in [6.45, 7) is 5.59. The number of rotatable bonds is 7. The van der Waals surface area contributed by atoms with Gasteiger partial charge >= 0.3 is 0 Å². The highest BCUT2D eigenvalue weighted by molar-refractivity contribution is 5.79. The fraction of sp³-hybridized carbons (Fsp3) is 0.444. The Bertz CT molecular complexity index is 648. The summed E-state index contributed by atoms with van der Waals surface area (Å²) in [6, 6.07) is 10.3. The van der Waals surface area contributed by atoms with Crippen LogP contribution in [-0.2, 0) is 19.1 Å². The van der Waals surface area contributed by atoms with Gasteiger partial charge in [-0.2, -0.15) is 5.10 Å². The van der Waals surface area contributed by atoms with Crippen molar-refractivity contribution in [3.8, 4) is 0 Å². The maximum atomic E-state index is 10.6. The van der Waals surface area contributed by atoms with Crippen molar-refractivity contribution < 1.29 is 5.11 Å². The molecule has 0 fully saturated rings. The van der Waals surface area contributed by atoms with E-state index in [-0.39, 0.29) is 6.54 Å². The number of aromatic nitrogens is 2. The molecule has 1 atom stereocenters. The lowest BCUT2D eigenvalue weighted by atomic mass is 10.0. The Kier molecular flexibility index (Phi) is 6.37. The van der Waals surface area contributed by atoms with E-state index in [9.17, 15) is 5.11 Å². The number of aliphatic hydroxyl groups is 1. The van der Waals surface area contributed by atoms with Crippen LogP contribution >= 0.6 is 0 Å². The fourth-order valence-corrected chi connectivity index (χ4v) is 2.34. The minimum Gasteiger partial charge on any atom is -0.383 e.